The van der Waals surface area contributed by atoms with Crippen LogP contribution in [0.4, 0.5) is 0 Å². The maximum Gasteiger partial charge on any atom is 0.166 e. The van der Waals surface area contributed by atoms with Crippen LogP contribution >= 0.6 is 0 Å². The van der Waals surface area contributed by atoms with Crippen LogP contribution in [0.15, 0.2) is 199 Å². The lowest BCUT2D eigenvalue weighted by Gasteiger charge is -2.17. The Morgan fingerprint density at radius 3 is 1.77 bits per heavy atom. The summed E-state index contributed by atoms with van der Waals surface area (Å²) < 4.78 is 17.5. The van der Waals surface area contributed by atoms with Gasteiger partial charge in [0.25, 0.3) is 0 Å². The summed E-state index contributed by atoms with van der Waals surface area (Å²) in [5.41, 5.74) is 11.4. The minimum Gasteiger partial charge on any atom is -0.455 e. The molecule has 0 radical (unpaired) electrons. The third kappa shape index (κ3) is 5.29. The maximum atomic E-state index is 8.65. The van der Waals surface area contributed by atoms with Gasteiger partial charge < -0.3 is 8.98 Å². The van der Waals surface area contributed by atoms with Crippen molar-refractivity contribution >= 4 is 43.7 Å². The SMILES string of the molecule is [2H]c1ccc2c(c1)c1ccc(-c3ccccc3)cc1n2-c1cc(-c2cccc3c2oc2ccccc23)ccc1-c1nc(-c2ccccc2)nc(-c2ccccc2)n1. The summed E-state index contributed by atoms with van der Waals surface area (Å²) in [7, 11) is 0. The van der Waals surface area contributed by atoms with Crippen LogP contribution in [0.25, 0.3) is 106 Å². The van der Waals surface area contributed by atoms with E-state index < -0.39 is 0 Å². The monoisotopic (exact) mass is 717 g/mol. The lowest BCUT2D eigenvalue weighted by atomic mass is 9.99. The number of nitrogens with zero attached hydrogens (tertiary/aromatic N) is 4. The zero-order valence-corrected chi connectivity index (χ0v) is 30.1. The van der Waals surface area contributed by atoms with Crippen molar-refractivity contribution < 1.29 is 5.79 Å². The van der Waals surface area contributed by atoms with Gasteiger partial charge in [0, 0.05) is 43.8 Å². The van der Waals surface area contributed by atoms with Gasteiger partial charge in [0.05, 0.1) is 18.1 Å². The first kappa shape index (κ1) is 30.8. The highest BCUT2D eigenvalue weighted by Crippen LogP contribution is 2.42. The average Bonchev–Trinajstić information content (AvgIpc) is 3.82. The van der Waals surface area contributed by atoms with Gasteiger partial charge in [-0.05, 0) is 47.0 Å². The fourth-order valence-corrected chi connectivity index (χ4v) is 7.95. The molecule has 0 saturated carbocycles. The molecule has 3 heterocycles. The van der Waals surface area contributed by atoms with Crippen molar-refractivity contribution in [2.75, 3.05) is 0 Å². The van der Waals surface area contributed by atoms with Crippen LogP contribution in [0.3, 0.4) is 0 Å². The molecule has 0 aliphatic carbocycles. The van der Waals surface area contributed by atoms with Gasteiger partial charge in [-0.2, -0.15) is 0 Å². The standard InChI is InChI=1S/C51H32N4O/c1-4-15-33(16-5-1)36-27-29-40-39-21-10-12-25-44(39)55(45(40)31-36)46-32-37(38-23-14-24-42-41-22-11-13-26-47(41)56-48(38)42)28-30-43(46)51-53-49(34-17-6-2-7-18-34)52-50(54-51)35-19-8-3-9-20-35/h1-32H/i10D. The molecular weight excluding hydrogens is 685 g/mol. The molecule has 0 spiro atoms. The lowest BCUT2D eigenvalue weighted by Crippen LogP contribution is -2.04. The van der Waals surface area contributed by atoms with Gasteiger partial charge in [0.15, 0.2) is 17.5 Å². The van der Waals surface area contributed by atoms with Gasteiger partial charge in [0.2, 0.25) is 0 Å². The van der Waals surface area contributed by atoms with Crippen molar-refractivity contribution in [1.29, 1.82) is 0 Å². The Balaban J connectivity index is 1.24. The summed E-state index contributed by atoms with van der Waals surface area (Å²) in [5.74, 6) is 1.74. The molecule has 11 rings (SSSR count). The van der Waals surface area contributed by atoms with Gasteiger partial charge in [-0.15, -0.1) is 0 Å². The van der Waals surface area contributed by atoms with Crippen molar-refractivity contribution in [3.63, 3.8) is 0 Å². The second-order valence-corrected chi connectivity index (χ2v) is 13.9. The molecule has 0 aliphatic rings. The first-order chi connectivity index (χ1) is 28.2. The molecule has 11 aromatic rings. The topological polar surface area (TPSA) is 56.7 Å². The number of furan rings is 1. The molecule has 0 amide bonds. The number of para-hydroxylation sites is 3. The average molecular weight is 718 g/mol. The normalized spacial score (nSPS) is 11.8. The van der Waals surface area contributed by atoms with Crippen molar-refractivity contribution in [2.45, 2.75) is 0 Å². The second kappa shape index (κ2) is 13.0. The molecule has 8 aromatic carbocycles. The molecule has 0 fully saturated rings. The molecule has 56 heavy (non-hydrogen) atoms. The smallest absolute Gasteiger partial charge is 0.166 e. The summed E-state index contributed by atoms with van der Waals surface area (Å²) in [4.78, 5) is 15.4. The summed E-state index contributed by atoms with van der Waals surface area (Å²) in [5, 5.41) is 4.21. The molecule has 3 aromatic heterocycles. The van der Waals surface area contributed by atoms with Gasteiger partial charge in [0.1, 0.15) is 11.2 Å². The summed E-state index contributed by atoms with van der Waals surface area (Å²) in [6.45, 7) is 0. The van der Waals surface area contributed by atoms with E-state index in [1.54, 1.807) is 0 Å². The number of hydrogen-bond donors (Lipinski definition) is 0. The number of rotatable bonds is 6. The van der Waals surface area contributed by atoms with Crippen molar-refractivity contribution in [3.05, 3.63) is 194 Å². The Kier molecular flexibility index (Phi) is 7.17. The predicted octanol–water partition coefficient (Wildman–Crippen LogP) is 13.2. The van der Waals surface area contributed by atoms with E-state index in [-0.39, 0.29) is 0 Å². The first-order valence-corrected chi connectivity index (χ1v) is 18.7. The number of fused-ring (bicyclic) bond motifs is 6. The van der Waals surface area contributed by atoms with E-state index in [0.29, 0.717) is 23.5 Å². The summed E-state index contributed by atoms with van der Waals surface area (Å²) in [6, 6.07) is 64.5. The maximum absolute atomic E-state index is 8.65. The van der Waals surface area contributed by atoms with Crippen LogP contribution < -0.4 is 0 Å². The number of aromatic nitrogens is 4. The molecule has 0 N–H and O–H groups in total. The van der Waals surface area contributed by atoms with Gasteiger partial charge in [-0.3, -0.25) is 0 Å². The third-order valence-corrected chi connectivity index (χ3v) is 10.6. The van der Waals surface area contributed by atoms with Crippen LogP contribution in [0.5, 0.6) is 0 Å². The van der Waals surface area contributed by atoms with E-state index >= 15 is 0 Å². The molecule has 5 nitrogen and oxygen atoms in total. The molecule has 0 unspecified atom stereocenters. The molecular formula is C51H32N4O. The fraction of sp³-hybridized carbons (Fsp3) is 0. The first-order valence-electron chi connectivity index (χ1n) is 19.2. The highest BCUT2D eigenvalue weighted by molar-refractivity contribution is 6.12. The molecule has 0 atom stereocenters. The van der Waals surface area contributed by atoms with Crippen molar-refractivity contribution in [1.82, 2.24) is 19.5 Å². The predicted molar refractivity (Wildman–Crippen MR) is 229 cm³/mol. The zero-order chi connectivity index (χ0) is 37.9. The van der Waals surface area contributed by atoms with Crippen molar-refractivity contribution in [3.8, 4) is 62.1 Å². The Morgan fingerprint density at radius 1 is 0.393 bits per heavy atom. The number of hydrogen-bond acceptors (Lipinski definition) is 4. The van der Waals surface area contributed by atoms with Crippen LogP contribution in [0, 0.1) is 0 Å². The largest absolute Gasteiger partial charge is 0.455 e. The Hall–Kier alpha value is -7.63. The number of benzene rings is 8. The van der Waals surface area contributed by atoms with Crippen LogP contribution in [-0.2, 0) is 0 Å². The van der Waals surface area contributed by atoms with E-state index in [4.69, 9.17) is 20.7 Å². The van der Waals surface area contributed by atoms with Gasteiger partial charge in [-0.25, -0.2) is 15.0 Å². The van der Waals surface area contributed by atoms with Crippen LogP contribution in [0.2, 0.25) is 0 Å². The van der Waals surface area contributed by atoms with Crippen LogP contribution in [-0.4, -0.2) is 19.5 Å². The Morgan fingerprint density at radius 2 is 1.02 bits per heavy atom. The fourth-order valence-electron chi connectivity index (χ4n) is 7.95. The second-order valence-electron chi connectivity index (χ2n) is 13.9. The van der Waals surface area contributed by atoms with E-state index in [1.165, 1.54) is 0 Å². The van der Waals surface area contributed by atoms with Crippen LogP contribution in [0.1, 0.15) is 1.37 Å². The Labute approximate surface area is 324 Å². The molecule has 0 aliphatic heterocycles. The minimum absolute atomic E-state index is 0.455. The van der Waals surface area contributed by atoms with E-state index in [9.17, 15) is 0 Å². The van der Waals surface area contributed by atoms with E-state index in [2.05, 4.69) is 95.6 Å². The van der Waals surface area contributed by atoms with Gasteiger partial charge in [-0.1, -0.05) is 164 Å². The summed E-state index contributed by atoms with van der Waals surface area (Å²) >= 11 is 0. The molecule has 5 heteroatoms. The molecule has 0 bridgehead atoms. The highest BCUT2D eigenvalue weighted by atomic mass is 16.3. The minimum atomic E-state index is 0.455. The van der Waals surface area contributed by atoms with Crippen molar-refractivity contribution in [2.24, 2.45) is 0 Å². The summed E-state index contributed by atoms with van der Waals surface area (Å²) in [6.07, 6.45) is 0. The van der Waals surface area contributed by atoms with Gasteiger partial charge >= 0.3 is 0 Å². The van der Waals surface area contributed by atoms with E-state index in [1.807, 2.05) is 97.1 Å². The lowest BCUT2D eigenvalue weighted by molar-refractivity contribution is 0.670. The highest BCUT2D eigenvalue weighted by Gasteiger charge is 2.22. The zero-order valence-electron chi connectivity index (χ0n) is 31.1. The molecule has 262 valence electrons. The third-order valence-electron chi connectivity index (χ3n) is 10.6. The quantitative estimate of drug-likeness (QED) is 0.172. The van der Waals surface area contributed by atoms with E-state index in [0.717, 1.165) is 88.4 Å². The molecule has 0 saturated heterocycles. The Bertz CT molecular complexity index is 3240.